The van der Waals surface area contributed by atoms with Crippen molar-refractivity contribution in [2.45, 2.75) is 51.9 Å². The maximum Gasteiger partial charge on any atom is 0.141 e. The number of anilines is 1. The minimum absolute atomic E-state index is 0.820. The molecule has 2 aromatic heterocycles. The fourth-order valence-electron chi connectivity index (χ4n) is 3.78. The molecule has 0 aromatic carbocycles. The van der Waals surface area contributed by atoms with Gasteiger partial charge in [-0.05, 0) is 43.6 Å². The zero-order valence-electron chi connectivity index (χ0n) is 12.8. The van der Waals surface area contributed by atoms with E-state index in [1.165, 1.54) is 61.0 Å². The highest BCUT2D eigenvalue weighted by atomic mass is 32.1. The Balaban J connectivity index is 1.81. The van der Waals surface area contributed by atoms with Crippen LogP contribution in [0.25, 0.3) is 10.2 Å². The van der Waals surface area contributed by atoms with Crippen LogP contribution in [0.15, 0.2) is 6.33 Å². The molecule has 1 fully saturated rings. The minimum Gasteiger partial charge on any atom is -0.356 e. The van der Waals surface area contributed by atoms with Gasteiger partial charge in [-0.2, -0.15) is 0 Å². The first-order valence-electron chi connectivity index (χ1n) is 8.33. The number of fused-ring (bicyclic) bond motifs is 3. The molecule has 0 N–H and O–H groups in total. The number of nitrogens with zero attached hydrogens (tertiary/aromatic N) is 3. The quantitative estimate of drug-likeness (QED) is 0.790. The summed E-state index contributed by atoms with van der Waals surface area (Å²) in [6.07, 6.45) is 10.9. The van der Waals surface area contributed by atoms with Gasteiger partial charge >= 0.3 is 0 Å². The number of hydrogen-bond acceptors (Lipinski definition) is 4. The van der Waals surface area contributed by atoms with E-state index in [4.69, 9.17) is 4.98 Å². The van der Waals surface area contributed by atoms with Gasteiger partial charge in [-0.3, -0.25) is 0 Å². The molecule has 1 aliphatic heterocycles. The largest absolute Gasteiger partial charge is 0.356 e. The molecule has 1 atom stereocenters. The standard InChI is InChI=1S/C17H23N3S/c1-12-6-7-13-14(10-12)21-17-15(13)16(18-11-19-17)20-8-4-2-3-5-9-20/h11-12H,2-10H2,1H3/t12-/m1/s1. The smallest absolute Gasteiger partial charge is 0.141 e. The van der Waals surface area contributed by atoms with Crippen LogP contribution < -0.4 is 4.90 Å². The summed E-state index contributed by atoms with van der Waals surface area (Å²) >= 11 is 1.91. The Labute approximate surface area is 130 Å². The number of aromatic nitrogens is 2. The van der Waals surface area contributed by atoms with Crippen molar-refractivity contribution in [2.75, 3.05) is 18.0 Å². The summed E-state index contributed by atoms with van der Waals surface area (Å²) in [5.41, 5.74) is 1.56. The van der Waals surface area contributed by atoms with E-state index in [0.29, 0.717) is 0 Å². The average Bonchev–Trinajstić information content (AvgIpc) is 2.68. The molecule has 112 valence electrons. The first-order chi connectivity index (χ1) is 10.3. The lowest BCUT2D eigenvalue weighted by Crippen LogP contribution is -2.25. The molecule has 1 saturated heterocycles. The van der Waals surface area contributed by atoms with Crippen molar-refractivity contribution in [1.82, 2.24) is 9.97 Å². The van der Waals surface area contributed by atoms with Crippen molar-refractivity contribution in [2.24, 2.45) is 5.92 Å². The Morgan fingerprint density at radius 2 is 1.95 bits per heavy atom. The van der Waals surface area contributed by atoms with Crippen LogP contribution in [0.1, 0.15) is 49.5 Å². The Hall–Kier alpha value is -1.16. The molecule has 0 bridgehead atoms. The number of aryl methyl sites for hydroxylation is 1. The van der Waals surface area contributed by atoms with Crippen LogP contribution in [-0.4, -0.2) is 23.1 Å². The van der Waals surface area contributed by atoms with Gasteiger partial charge in [0.05, 0.1) is 5.39 Å². The van der Waals surface area contributed by atoms with Gasteiger partial charge in [0.2, 0.25) is 0 Å². The fourth-order valence-corrected chi connectivity index (χ4v) is 5.13. The number of rotatable bonds is 1. The third kappa shape index (κ3) is 2.44. The van der Waals surface area contributed by atoms with Crippen LogP contribution in [-0.2, 0) is 12.8 Å². The van der Waals surface area contributed by atoms with Crippen LogP contribution in [0.4, 0.5) is 5.82 Å². The molecule has 0 amide bonds. The van der Waals surface area contributed by atoms with Crippen molar-refractivity contribution in [1.29, 1.82) is 0 Å². The van der Waals surface area contributed by atoms with Crippen LogP contribution in [0.3, 0.4) is 0 Å². The molecule has 4 rings (SSSR count). The van der Waals surface area contributed by atoms with E-state index in [0.717, 1.165) is 19.0 Å². The molecular weight excluding hydrogens is 278 g/mol. The molecule has 3 heterocycles. The number of hydrogen-bond donors (Lipinski definition) is 0. The molecular formula is C17H23N3S. The second kappa shape index (κ2) is 5.56. The van der Waals surface area contributed by atoms with Crippen molar-refractivity contribution in [3.8, 4) is 0 Å². The third-order valence-electron chi connectivity index (χ3n) is 4.98. The number of thiophene rings is 1. The Bertz CT molecular complexity index is 641. The van der Waals surface area contributed by atoms with Gasteiger partial charge in [-0.25, -0.2) is 9.97 Å². The van der Waals surface area contributed by atoms with E-state index in [9.17, 15) is 0 Å². The van der Waals surface area contributed by atoms with Crippen molar-refractivity contribution >= 4 is 27.4 Å². The lowest BCUT2D eigenvalue weighted by atomic mass is 9.89. The zero-order chi connectivity index (χ0) is 14.2. The van der Waals surface area contributed by atoms with Gasteiger partial charge < -0.3 is 4.90 Å². The molecule has 0 unspecified atom stereocenters. The van der Waals surface area contributed by atoms with E-state index in [1.807, 2.05) is 11.3 Å². The minimum atomic E-state index is 0.820. The molecule has 4 heteroatoms. The van der Waals surface area contributed by atoms with Crippen LogP contribution >= 0.6 is 11.3 Å². The van der Waals surface area contributed by atoms with Gasteiger partial charge in [-0.1, -0.05) is 19.8 Å². The normalized spacial score (nSPS) is 23.1. The summed E-state index contributed by atoms with van der Waals surface area (Å²) in [5.74, 6) is 2.04. The van der Waals surface area contributed by atoms with E-state index < -0.39 is 0 Å². The summed E-state index contributed by atoms with van der Waals surface area (Å²) in [5, 5.41) is 1.38. The summed E-state index contributed by atoms with van der Waals surface area (Å²) in [6, 6.07) is 0. The highest BCUT2D eigenvalue weighted by Gasteiger charge is 2.25. The first-order valence-corrected chi connectivity index (χ1v) is 9.15. The maximum atomic E-state index is 4.69. The predicted octanol–water partition coefficient (Wildman–Crippen LogP) is 4.20. The SMILES string of the molecule is C[C@@H]1CCc2c(sc3ncnc(N4CCCCCC4)c23)C1. The second-order valence-corrected chi connectivity index (χ2v) is 7.71. The highest BCUT2D eigenvalue weighted by Crippen LogP contribution is 2.40. The summed E-state index contributed by atoms with van der Waals surface area (Å²) < 4.78 is 0. The Morgan fingerprint density at radius 3 is 2.76 bits per heavy atom. The summed E-state index contributed by atoms with van der Waals surface area (Å²) in [6.45, 7) is 4.69. The van der Waals surface area contributed by atoms with Gasteiger partial charge in [0, 0.05) is 18.0 Å². The maximum absolute atomic E-state index is 4.69. The van der Waals surface area contributed by atoms with Gasteiger partial charge in [0.25, 0.3) is 0 Å². The lowest BCUT2D eigenvalue weighted by Gasteiger charge is -2.23. The highest BCUT2D eigenvalue weighted by molar-refractivity contribution is 7.19. The Morgan fingerprint density at radius 1 is 1.14 bits per heavy atom. The second-order valence-electron chi connectivity index (χ2n) is 6.63. The monoisotopic (exact) mass is 301 g/mol. The third-order valence-corrected chi connectivity index (χ3v) is 6.14. The predicted molar refractivity (Wildman–Crippen MR) is 89.3 cm³/mol. The molecule has 0 spiro atoms. The molecule has 3 nitrogen and oxygen atoms in total. The van der Waals surface area contributed by atoms with Gasteiger partial charge in [-0.15, -0.1) is 11.3 Å². The Kier molecular flexibility index (Phi) is 3.57. The molecule has 0 radical (unpaired) electrons. The summed E-state index contributed by atoms with van der Waals surface area (Å²) in [4.78, 5) is 14.6. The van der Waals surface area contributed by atoms with Gasteiger partial charge in [0.15, 0.2) is 0 Å². The van der Waals surface area contributed by atoms with Crippen molar-refractivity contribution in [3.63, 3.8) is 0 Å². The van der Waals surface area contributed by atoms with Crippen molar-refractivity contribution in [3.05, 3.63) is 16.8 Å². The van der Waals surface area contributed by atoms with E-state index >= 15 is 0 Å². The van der Waals surface area contributed by atoms with E-state index in [2.05, 4.69) is 16.8 Å². The first kappa shape index (κ1) is 13.5. The van der Waals surface area contributed by atoms with Crippen LogP contribution in [0, 0.1) is 5.92 Å². The topological polar surface area (TPSA) is 29.0 Å². The van der Waals surface area contributed by atoms with Crippen LogP contribution in [0.5, 0.6) is 0 Å². The summed E-state index contributed by atoms with van der Waals surface area (Å²) in [7, 11) is 0. The van der Waals surface area contributed by atoms with E-state index in [1.54, 1.807) is 16.8 Å². The average molecular weight is 301 g/mol. The van der Waals surface area contributed by atoms with Crippen LogP contribution in [0.2, 0.25) is 0 Å². The lowest BCUT2D eigenvalue weighted by molar-refractivity contribution is 0.509. The molecule has 1 aliphatic carbocycles. The molecule has 0 saturated carbocycles. The van der Waals surface area contributed by atoms with Crippen molar-refractivity contribution < 1.29 is 0 Å². The molecule has 21 heavy (non-hydrogen) atoms. The zero-order valence-corrected chi connectivity index (χ0v) is 13.6. The molecule has 2 aliphatic rings. The fraction of sp³-hybridized carbons (Fsp3) is 0.647. The van der Waals surface area contributed by atoms with E-state index in [-0.39, 0.29) is 0 Å². The molecule has 2 aromatic rings. The van der Waals surface area contributed by atoms with Gasteiger partial charge in [0.1, 0.15) is 17.0 Å².